The van der Waals surface area contributed by atoms with Crippen LogP contribution in [0.15, 0.2) is 180 Å². The van der Waals surface area contributed by atoms with Crippen molar-refractivity contribution in [3.05, 3.63) is 181 Å². The minimum Gasteiger partial charge on any atom is -0.457 e. The largest absolute Gasteiger partial charge is 0.457 e. The second-order valence-electron chi connectivity index (χ2n) is 14.2. The van der Waals surface area contributed by atoms with Crippen molar-refractivity contribution in [3.63, 3.8) is 0 Å². The van der Waals surface area contributed by atoms with Gasteiger partial charge < -0.3 is 41.9 Å². The summed E-state index contributed by atoms with van der Waals surface area (Å²) in [6.45, 7) is 3.86. The van der Waals surface area contributed by atoms with Crippen molar-refractivity contribution in [1.29, 1.82) is 0 Å². The molecule has 0 aliphatic carbocycles. The molecule has 9 nitrogen and oxygen atoms in total. The van der Waals surface area contributed by atoms with E-state index in [2.05, 4.69) is 0 Å². The van der Waals surface area contributed by atoms with Gasteiger partial charge in [-0.05, 0) is 182 Å². The molecule has 0 amide bonds. The van der Waals surface area contributed by atoms with E-state index in [1.54, 1.807) is 24.3 Å². The number of ether oxygens (including phenoxy) is 4. The third kappa shape index (κ3) is 9.04. The Morgan fingerprint density at radius 1 is 0.350 bits per heavy atom. The molecule has 0 spiro atoms. The van der Waals surface area contributed by atoms with Crippen molar-refractivity contribution in [2.45, 2.75) is 23.6 Å². The van der Waals surface area contributed by atoms with Crippen LogP contribution in [0.1, 0.15) is 11.1 Å². The maximum absolute atomic E-state index is 15.1. The van der Waals surface area contributed by atoms with Crippen LogP contribution in [-0.4, -0.2) is 4.21 Å². The van der Waals surface area contributed by atoms with E-state index in [1.165, 1.54) is 0 Å². The van der Waals surface area contributed by atoms with Crippen LogP contribution in [0.3, 0.4) is 0 Å². The SMILES string of the molecule is Cc1cc(Oc2ccc(S(=O)c3ccc(Oc4ccc(N)c(C)c4)cc3-c3ccc(Oc4ccc(N)cc4)cc3)c(-c3ccc(Oc4ccc(N)cc4)cc3)c2)ccc1N. The lowest BCUT2D eigenvalue weighted by Crippen LogP contribution is -2.00. The van der Waals surface area contributed by atoms with E-state index in [-0.39, 0.29) is 0 Å². The highest BCUT2D eigenvalue weighted by atomic mass is 32.2. The number of nitrogen functional groups attached to an aromatic ring is 4. The van der Waals surface area contributed by atoms with Gasteiger partial charge in [-0.15, -0.1) is 0 Å². The first-order valence-corrected chi connectivity index (χ1v) is 20.3. The molecule has 8 rings (SSSR count). The van der Waals surface area contributed by atoms with Gasteiger partial charge in [-0.2, -0.15) is 0 Å². The average molecular weight is 811 g/mol. The van der Waals surface area contributed by atoms with Crippen LogP contribution in [0.25, 0.3) is 22.3 Å². The van der Waals surface area contributed by atoms with E-state index < -0.39 is 10.8 Å². The summed E-state index contributed by atoms with van der Waals surface area (Å²) in [6.07, 6.45) is 0. The Morgan fingerprint density at radius 3 is 0.983 bits per heavy atom. The molecule has 298 valence electrons. The summed E-state index contributed by atoms with van der Waals surface area (Å²) >= 11 is 0. The molecular weight excluding hydrogens is 769 g/mol. The highest BCUT2D eigenvalue weighted by Gasteiger charge is 2.21. The van der Waals surface area contributed by atoms with Crippen LogP contribution in [-0.2, 0) is 10.8 Å². The molecule has 0 aromatic heterocycles. The molecule has 0 aliphatic heterocycles. The maximum Gasteiger partial charge on any atom is 0.128 e. The topological polar surface area (TPSA) is 158 Å². The Hall–Kier alpha value is -7.69. The fourth-order valence-electron chi connectivity index (χ4n) is 6.48. The Kier molecular flexibility index (Phi) is 11.1. The standard InChI is InChI=1S/C50H42N4O5S/c1-31-27-41(19-23-47(31)53)58-43-21-25-49(45(29-43)33-3-11-37(12-4-33)56-39-15-7-35(51)8-16-39)60(55)50-26-22-44(59-42-20-24-48(54)32(2)28-42)30-46(50)34-5-13-38(14-6-34)57-40-17-9-36(52)10-18-40/h3-30H,51-54H2,1-2H3. The molecule has 8 N–H and O–H groups in total. The number of benzene rings is 8. The third-order valence-electron chi connectivity index (χ3n) is 9.82. The highest BCUT2D eigenvalue weighted by molar-refractivity contribution is 7.85. The lowest BCUT2D eigenvalue weighted by atomic mass is 10.0. The van der Waals surface area contributed by atoms with Crippen molar-refractivity contribution < 1.29 is 23.2 Å². The summed E-state index contributed by atoms with van der Waals surface area (Å²) in [5.74, 6) is 4.98. The summed E-state index contributed by atoms with van der Waals surface area (Å²) in [6, 6.07) is 51.8. The van der Waals surface area contributed by atoms with E-state index in [9.17, 15) is 0 Å². The van der Waals surface area contributed by atoms with Crippen molar-refractivity contribution in [2.75, 3.05) is 22.9 Å². The lowest BCUT2D eigenvalue weighted by molar-refractivity contribution is 0.481. The van der Waals surface area contributed by atoms with E-state index in [0.717, 1.165) is 22.3 Å². The monoisotopic (exact) mass is 810 g/mol. The van der Waals surface area contributed by atoms with Gasteiger partial charge in [0.2, 0.25) is 0 Å². The molecule has 10 heteroatoms. The second kappa shape index (κ2) is 17.0. The highest BCUT2D eigenvalue weighted by Crippen LogP contribution is 2.40. The van der Waals surface area contributed by atoms with Crippen LogP contribution in [0.4, 0.5) is 22.7 Å². The first-order chi connectivity index (χ1) is 29.0. The zero-order valence-electron chi connectivity index (χ0n) is 32.9. The summed E-state index contributed by atoms with van der Waals surface area (Å²) in [5.41, 5.74) is 31.4. The first kappa shape index (κ1) is 39.2. The normalized spacial score (nSPS) is 11.0. The molecule has 60 heavy (non-hydrogen) atoms. The maximum atomic E-state index is 15.1. The molecule has 0 atom stereocenters. The van der Waals surface area contributed by atoms with Crippen LogP contribution in [0.5, 0.6) is 46.0 Å². The van der Waals surface area contributed by atoms with E-state index in [0.29, 0.717) is 89.7 Å². The van der Waals surface area contributed by atoms with Gasteiger partial charge >= 0.3 is 0 Å². The predicted molar refractivity (Wildman–Crippen MR) is 242 cm³/mol. The number of aryl methyl sites for hydroxylation is 2. The van der Waals surface area contributed by atoms with Crippen molar-refractivity contribution >= 4 is 33.5 Å². The zero-order chi connectivity index (χ0) is 41.8. The minimum absolute atomic E-state index is 0.566. The average Bonchev–Trinajstić information content (AvgIpc) is 3.25. The zero-order valence-corrected chi connectivity index (χ0v) is 33.7. The van der Waals surface area contributed by atoms with Crippen LogP contribution in [0, 0.1) is 13.8 Å². The molecule has 0 saturated heterocycles. The van der Waals surface area contributed by atoms with Crippen molar-refractivity contribution in [3.8, 4) is 68.2 Å². The summed E-state index contributed by atoms with van der Waals surface area (Å²) in [5, 5.41) is 0. The number of rotatable bonds is 12. The molecule has 0 radical (unpaired) electrons. The molecule has 0 saturated carbocycles. The van der Waals surface area contributed by atoms with Gasteiger partial charge in [0.05, 0.1) is 20.6 Å². The Balaban J connectivity index is 1.18. The summed E-state index contributed by atoms with van der Waals surface area (Å²) in [4.78, 5) is 1.16. The van der Waals surface area contributed by atoms with Gasteiger partial charge in [-0.25, -0.2) is 4.21 Å². The fourth-order valence-corrected chi connectivity index (χ4v) is 7.86. The number of hydrogen-bond acceptors (Lipinski definition) is 9. The van der Waals surface area contributed by atoms with Gasteiger partial charge in [-0.1, -0.05) is 24.3 Å². The summed E-state index contributed by atoms with van der Waals surface area (Å²) in [7, 11) is -1.70. The Bertz CT molecular complexity index is 2630. The molecule has 0 bridgehead atoms. The second-order valence-corrected chi connectivity index (χ2v) is 15.6. The molecule has 0 unspecified atom stereocenters. The third-order valence-corrected chi connectivity index (χ3v) is 11.3. The van der Waals surface area contributed by atoms with E-state index in [4.69, 9.17) is 41.9 Å². The van der Waals surface area contributed by atoms with Crippen LogP contribution >= 0.6 is 0 Å². The minimum atomic E-state index is -1.70. The number of anilines is 4. The van der Waals surface area contributed by atoms with Gasteiger partial charge in [-0.3, -0.25) is 0 Å². The van der Waals surface area contributed by atoms with E-state index >= 15 is 4.21 Å². The van der Waals surface area contributed by atoms with Crippen LogP contribution in [0.2, 0.25) is 0 Å². The van der Waals surface area contributed by atoms with E-state index in [1.807, 2.05) is 159 Å². The fraction of sp³-hybridized carbons (Fsp3) is 0.0400. The molecule has 0 fully saturated rings. The van der Waals surface area contributed by atoms with Crippen molar-refractivity contribution in [2.24, 2.45) is 0 Å². The molecule has 0 heterocycles. The quantitative estimate of drug-likeness (QED) is 0.0881. The first-order valence-electron chi connectivity index (χ1n) is 19.1. The molecule has 8 aromatic carbocycles. The Labute approximate surface area is 351 Å². The summed E-state index contributed by atoms with van der Waals surface area (Å²) < 4.78 is 40.0. The molecule has 8 aromatic rings. The smallest absolute Gasteiger partial charge is 0.128 e. The number of nitrogens with two attached hydrogens (primary N) is 4. The van der Waals surface area contributed by atoms with Gasteiger partial charge in [0, 0.05) is 33.9 Å². The van der Waals surface area contributed by atoms with Gasteiger partial charge in [0.15, 0.2) is 0 Å². The molecule has 0 aliphatic rings. The molecular formula is C50H42N4O5S. The number of hydrogen-bond donors (Lipinski definition) is 4. The predicted octanol–water partition coefficient (Wildman–Crippen LogP) is 12.3. The van der Waals surface area contributed by atoms with Gasteiger partial charge in [0.1, 0.15) is 46.0 Å². The van der Waals surface area contributed by atoms with Crippen molar-refractivity contribution in [1.82, 2.24) is 0 Å². The van der Waals surface area contributed by atoms with Crippen LogP contribution < -0.4 is 41.9 Å². The van der Waals surface area contributed by atoms with Gasteiger partial charge in [0.25, 0.3) is 0 Å². The Morgan fingerprint density at radius 2 is 0.633 bits per heavy atom. The lowest BCUT2D eigenvalue weighted by Gasteiger charge is -2.17.